The van der Waals surface area contributed by atoms with Crippen molar-refractivity contribution in [2.24, 2.45) is 0 Å². The summed E-state index contributed by atoms with van der Waals surface area (Å²) >= 11 is 6.09. The van der Waals surface area contributed by atoms with Crippen molar-refractivity contribution in [2.45, 2.75) is 38.6 Å². The molecule has 0 atom stereocenters. The Hall–Kier alpha value is -3.32. The number of nitrogens with zero attached hydrogens (tertiary/aromatic N) is 5. The van der Waals surface area contributed by atoms with Crippen molar-refractivity contribution < 1.29 is 4.39 Å². The fourth-order valence-corrected chi connectivity index (χ4v) is 5.05. The van der Waals surface area contributed by atoms with Gasteiger partial charge in [-0.25, -0.2) is 19.3 Å². The summed E-state index contributed by atoms with van der Waals surface area (Å²) in [5.74, 6) is 0.136. The van der Waals surface area contributed by atoms with Crippen LogP contribution in [0.5, 0.6) is 0 Å². The molecule has 32 heavy (non-hydrogen) atoms. The first kappa shape index (κ1) is 19.4. The Morgan fingerprint density at radius 3 is 2.44 bits per heavy atom. The zero-order valence-electron chi connectivity index (χ0n) is 17.3. The van der Waals surface area contributed by atoms with Gasteiger partial charge in [-0.2, -0.15) is 0 Å². The summed E-state index contributed by atoms with van der Waals surface area (Å²) in [4.78, 5) is 28.3. The standard InChI is InChI=1S/C24H19ClFN5O/c1-13-27-22-20(24(32)30(13)14-6-2-3-7-14)21-23(29-19-9-5-4-8-18(19)28-21)31(22)15-10-11-17(26)16(25)12-15/h4-5,8-12,14H,2-3,6-7H2,1H3. The Balaban J connectivity index is 1.79. The lowest BCUT2D eigenvalue weighted by Crippen LogP contribution is -2.27. The molecule has 0 bridgehead atoms. The van der Waals surface area contributed by atoms with Crippen molar-refractivity contribution in [1.29, 1.82) is 0 Å². The number of benzene rings is 2. The molecule has 160 valence electrons. The highest BCUT2D eigenvalue weighted by atomic mass is 35.5. The molecule has 2 aromatic carbocycles. The van der Waals surface area contributed by atoms with Gasteiger partial charge in [-0.05, 0) is 50.1 Å². The van der Waals surface area contributed by atoms with Gasteiger partial charge in [0.15, 0.2) is 11.3 Å². The van der Waals surface area contributed by atoms with Crippen LogP contribution in [0.15, 0.2) is 47.3 Å². The number of hydrogen-bond acceptors (Lipinski definition) is 4. The molecule has 0 saturated heterocycles. The van der Waals surface area contributed by atoms with Crippen molar-refractivity contribution in [1.82, 2.24) is 24.1 Å². The molecule has 8 heteroatoms. The molecule has 0 amide bonds. The van der Waals surface area contributed by atoms with Crippen LogP contribution in [0.25, 0.3) is 38.9 Å². The lowest BCUT2D eigenvalue weighted by Gasteiger charge is -2.16. The second-order valence-corrected chi connectivity index (χ2v) is 8.70. The molecular formula is C24H19ClFN5O. The zero-order chi connectivity index (χ0) is 22.0. The molecule has 6 rings (SSSR count). The van der Waals surface area contributed by atoms with Gasteiger partial charge in [0, 0.05) is 6.04 Å². The largest absolute Gasteiger partial charge is 0.293 e. The average molecular weight is 448 g/mol. The smallest absolute Gasteiger partial charge is 0.265 e. The van der Waals surface area contributed by atoms with E-state index in [9.17, 15) is 9.18 Å². The summed E-state index contributed by atoms with van der Waals surface area (Å²) in [6.45, 7) is 1.86. The summed E-state index contributed by atoms with van der Waals surface area (Å²) in [5.41, 5.74) is 3.30. The van der Waals surface area contributed by atoms with E-state index in [2.05, 4.69) is 0 Å². The molecule has 0 unspecified atom stereocenters. The second-order valence-electron chi connectivity index (χ2n) is 8.29. The van der Waals surface area contributed by atoms with Crippen LogP contribution in [0, 0.1) is 12.7 Å². The van der Waals surface area contributed by atoms with Gasteiger partial charge in [-0.3, -0.25) is 13.9 Å². The molecule has 6 nitrogen and oxygen atoms in total. The summed E-state index contributed by atoms with van der Waals surface area (Å²) in [6, 6.07) is 12.1. The predicted octanol–water partition coefficient (Wildman–Crippen LogP) is 5.50. The van der Waals surface area contributed by atoms with Crippen LogP contribution >= 0.6 is 11.6 Å². The third kappa shape index (κ3) is 2.77. The first-order valence-corrected chi connectivity index (χ1v) is 11.1. The fourth-order valence-electron chi connectivity index (χ4n) is 4.87. The van der Waals surface area contributed by atoms with E-state index in [1.54, 1.807) is 10.6 Å². The average Bonchev–Trinajstić information content (AvgIpc) is 3.40. The number of rotatable bonds is 2. The topological polar surface area (TPSA) is 65.6 Å². The van der Waals surface area contributed by atoms with Crippen molar-refractivity contribution in [3.8, 4) is 5.69 Å². The van der Waals surface area contributed by atoms with Gasteiger partial charge < -0.3 is 0 Å². The number of aryl methyl sites for hydroxylation is 1. The highest BCUT2D eigenvalue weighted by molar-refractivity contribution is 6.31. The predicted molar refractivity (Wildman–Crippen MR) is 123 cm³/mol. The van der Waals surface area contributed by atoms with Crippen molar-refractivity contribution in [3.63, 3.8) is 0 Å². The Morgan fingerprint density at radius 1 is 1.00 bits per heavy atom. The van der Waals surface area contributed by atoms with Gasteiger partial charge in [-0.1, -0.05) is 36.6 Å². The Morgan fingerprint density at radius 2 is 1.72 bits per heavy atom. The molecule has 3 aromatic heterocycles. The minimum atomic E-state index is -0.513. The van der Waals surface area contributed by atoms with Gasteiger partial charge in [-0.15, -0.1) is 0 Å². The van der Waals surface area contributed by atoms with Crippen LogP contribution in [0.3, 0.4) is 0 Å². The monoisotopic (exact) mass is 447 g/mol. The number of fused-ring (bicyclic) bond motifs is 4. The summed E-state index contributed by atoms with van der Waals surface area (Å²) in [6.07, 6.45) is 4.15. The van der Waals surface area contributed by atoms with Gasteiger partial charge in [0.05, 0.1) is 21.7 Å². The van der Waals surface area contributed by atoms with Crippen LogP contribution < -0.4 is 5.56 Å². The van der Waals surface area contributed by atoms with E-state index < -0.39 is 5.82 Å². The van der Waals surface area contributed by atoms with Crippen molar-refractivity contribution in [2.75, 3.05) is 0 Å². The highest BCUT2D eigenvalue weighted by Crippen LogP contribution is 2.33. The van der Waals surface area contributed by atoms with Gasteiger partial charge in [0.1, 0.15) is 22.5 Å². The van der Waals surface area contributed by atoms with E-state index in [1.165, 1.54) is 12.1 Å². The van der Waals surface area contributed by atoms with Crippen LogP contribution in [-0.2, 0) is 0 Å². The first-order valence-electron chi connectivity index (χ1n) is 10.7. The second kappa shape index (κ2) is 7.10. The molecule has 3 heterocycles. The van der Waals surface area contributed by atoms with Crippen molar-refractivity contribution in [3.05, 3.63) is 69.5 Å². The minimum Gasteiger partial charge on any atom is -0.293 e. The van der Waals surface area contributed by atoms with E-state index in [1.807, 2.05) is 35.8 Å². The molecule has 0 N–H and O–H groups in total. The lowest BCUT2D eigenvalue weighted by molar-refractivity contribution is 0.485. The van der Waals surface area contributed by atoms with E-state index in [0.717, 1.165) is 25.7 Å². The summed E-state index contributed by atoms with van der Waals surface area (Å²) in [5, 5.41) is 0.415. The van der Waals surface area contributed by atoms with Gasteiger partial charge >= 0.3 is 0 Å². The molecule has 5 aromatic rings. The molecule has 0 aliphatic heterocycles. The Kier molecular flexibility index (Phi) is 4.30. The Bertz CT molecular complexity index is 1600. The zero-order valence-corrected chi connectivity index (χ0v) is 18.1. The molecular weight excluding hydrogens is 429 g/mol. The molecule has 1 fully saturated rings. The van der Waals surface area contributed by atoms with Crippen LogP contribution in [0.1, 0.15) is 37.5 Å². The van der Waals surface area contributed by atoms with Crippen molar-refractivity contribution >= 4 is 44.8 Å². The first-order chi connectivity index (χ1) is 15.5. The summed E-state index contributed by atoms with van der Waals surface area (Å²) < 4.78 is 17.5. The maximum absolute atomic E-state index is 13.9. The number of aromatic nitrogens is 5. The molecule has 1 aliphatic carbocycles. The lowest BCUT2D eigenvalue weighted by atomic mass is 10.2. The number of para-hydroxylation sites is 2. The van der Waals surface area contributed by atoms with E-state index in [0.29, 0.717) is 44.7 Å². The van der Waals surface area contributed by atoms with Gasteiger partial charge in [0.25, 0.3) is 5.56 Å². The van der Waals surface area contributed by atoms with Crippen LogP contribution in [-0.4, -0.2) is 24.1 Å². The molecule has 1 aliphatic rings. The Labute approximate surface area is 187 Å². The van der Waals surface area contributed by atoms with Crippen LogP contribution in [0.2, 0.25) is 5.02 Å². The van der Waals surface area contributed by atoms with E-state index in [4.69, 9.17) is 26.6 Å². The van der Waals surface area contributed by atoms with E-state index in [-0.39, 0.29) is 16.6 Å². The highest BCUT2D eigenvalue weighted by Gasteiger charge is 2.26. The number of hydrogen-bond donors (Lipinski definition) is 0. The molecule has 1 saturated carbocycles. The summed E-state index contributed by atoms with van der Waals surface area (Å²) in [7, 11) is 0. The van der Waals surface area contributed by atoms with E-state index >= 15 is 0 Å². The maximum Gasteiger partial charge on any atom is 0.265 e. The van der Waals surface area contributed by atoms with Gasteiger partial charge in [0.2, 0.25) is 0 Å². The molecule has 0 radical (unpaired) electrons. The number of halogens is 2. The quantitative estimate of drug-likeness (QED) is 0.358. The third-order valence-corrected chi connectivity index (χ3v) is 6.63. The maximum atomic E-state index is 13.9. The minimum absolute atomic E-state index is 0.0118. The SMILES string of the molecule is Cc1nc2c(c(=O)n1C1CCCC1)c1nc3ccccc3nc1n2-c1ccc(F)c(Cl)c1. The fraction of sp³-hybridized carbons (Fsp3) is 0.250. The van der Waals surface area contributed by atoms with Crippen LogP contribution in [0.4, 0.5) is 4.39 Å². The molecule has 0 spiro atoms. The third-order valence-electron chi connectivity index (χ3n) is 6.34. The normalized spacial score (nSPS) is 14.8.